The van der Waals surface area contributed by atoms with Crippen molar-refractivity contribution in [2.45, 2.75) is 9.79 Å². The largest absolute Gasteiger partial charge is 0.479 e. The highest BCUT2D eigenvalue weighted by atomic mass is 35.7. The molecule has 0 bridgehead atoms. The topological polar surface area (TPSA) is 33.0 Å². The summed E-state index contributed by atoms with van der Waals surface area (Å²) in [6.07, 6.45) is 0. The maximum absolute atomic E-state index is 8.32. The number of nitriles is 1. The van der Waals surface area contributed by atoms with Crippen LogP contribution >= 0.6 is 43.3 Å². The number of rotatable bonds is 4. The molecule has 2 nitrogen and oxygen atoms in total. The van der Waals surface area contributed by atoms with Gasteiger partial charge >= 0.3 is 0 Å². The number of benzene rings is 1. The van der Waals surface area contributed by atoms with E-state index in [1.807, 2.05) is 6.07 Å². The Hall–Kier alpha value is -0.210. The molecule has 1 aromatic rings. The van der Waals surface area contributed by atoms with E-state index in [2.05, 4.69) is 0 Å². The minimum atomic E-state index is 0.0275. The van der Waals surface area contributed by atoms with Crippen molar-refractivity contribution in [2.24, 2.45) is 0 Å². The first-order valence-corrected chi connectivity index (χ1v) is 6.81. The third-order valence-electron chi connectivity index (χ3n) is 1.38. The van der Waals surface area contributed by atoms with Crippen LogP contribution in [0.5, 0.6) is 5.75 Å². The van der Waals surface area contributed by atoms with Crippen molar-refractivity contribution in [3.05, 3.63) is 18.2 Å². The second-order valence-electron chi connectivity index (χ2n) is 2.21. The highest BCUT2D eigenvalue weighted by Gasteiger charge is 2.04. The molecule has 1 aromatic carbocycles. The molecule has 0 saturated carbocycles. The maximum atomic E-state index is 8.32. The minimum absolute atomic E-state index is 0.0275. The van der Waals surface area contributed by atoms with Crippen molar-refractivity contribution in [3.8, 4) is 11.8 Å². The van der Waals surface area contributed by atoms with Crippen molar-refractivity contribution in [3.63, 3.8) is 0 Å². The van der Waals surface area contributed by atoms with Gasteiger partial charge in [-0.3, -0.25) is 0 Å². The SMILES string of the molecule is N#CCOc1ccc(SCl)c(SCl)c1. The van der Waals surface area contributed by atoms with Crippen molar-refractivity contribution >= 4 is 43.3 Å². The third kappa shape index (κ3) is 3.18. The molecule has 0 aliphatic rings. The van der Waals surface area contributed by atoms with E-state index in [9.17, 15) is 0 Å². The second kappa shape index (κ2) is 6.31. The lowest BCUT2D eigenvalue weighted by atomic mass is 10.3. The Morgan fingerprint density at radius 3 is 2.57 bits per heavy atom. The molecule has 1 rings (SSSR count). The highest BCUT2D eigenvalue weighted by molar-refractivity contribution is 8.23. The van der Waals surface area contributed by atoms with Gasteiger partial charge in [0.2, 0.25) is 0 Å². The van der Waals surface area contributed by atoms with Gasteiger partial charge in [0, 0.05) is 9.79 Å². The van der Waals surface area contributed by atoms with Gasteiger partial charge in [-0.05, 0) is 61.5 Å². The number of nitrogens with zero attached hydrogens (tertiary/aromatic N) is 1. The molecular weight excluding hydrogens is 261 g/mol. The van der Waals surface area contributed by atoms with Gasteiger partial charge in [-0.2, -0.15) is 5.26 Å². The van der Waals surface area contributed by atoms with Crippen molar-refractivity contribution < 1.29 is 4.74 Å². The van der Waals surface area contributed by atoms with Crippen LogP contribution in [0.25, 0.3) is 0 Å². The lowest BCUT2D eigenvalue weighted by Gasteiger charge is -2.05. The summed E-state index contributed by atoms with van der Waals surface area (Å²) >= 11 is 0. The van der Waals surface area contributed by atoms with E-state index < -0.39 is 0 Å². The van der Waals surface area contributed by atoms with Crippen LogP contribution in [0.1, 0.15) is 0 Å². The molecule has 6 heteroatoms. The predicted molar refractivity (Wildman–Crippen MR) is 61.0 cm³/mol. The van der Waals surface area contributed by atoms with Gasteiger partial charge in [-0.15, -0.1) is 0 Å². The normalized spacial score (nSPS) is 9.50. The summed E-state index contributed by atoms with van der Waals surface area (Å²) in [5.74, 6) is 0.615. The van der Waals surface area contributed by atoms with Gasteiger partial charge in [0.1, 0.15) is 11.8 Å². The molecule has 0 aromatic heterocycles. The molecule has 0 radical (unpaired) electrons. The molecule has 0 unspecified atom stereocenters. The molecule has 0 saturated heterocycles. The molecule has 14 heavy (non-hydrogen) atoms. The molecule has 0 fully saturated rings. The van der Waals surface area contributed by atoms with Crippen LogP contribution in [0.2, 0.25) is 0 Å². The molecule has 0 N–H and O–H groups in total. The molecule has 74 valence electrons. The zero-order valence-corrected chi connectivity index (χ0v) is 10.0. The minimum Gasteiger partial charge on any atom is -0.479 e. The smallest absolute Gasteiger partial charge is 0.174 e. The van der Waals surface area contributed by atoms with E-state index >= 15 is 0 Å². The van der Waals surface area contributed by atoms with Crippen LogP contribution in [0.3, 0.4) is 0 Å². The van der Waals surface area contributed by atoms with Gasteiger partial charge in [-0.25, -0.2) is 0 Å². The highest BCUT2D eigenvalue weighted by Crippen LogP contribution is 2.37. The Labute approximate surface area is 99.5 Å². The lowest BCUT2D eigenvalue weighted by molar-refractivity contribution is 0.367. The average molecular weight is 266 g/mol. The average Bonchev–Trinajstić information content (AvgIpc) is 2.25. The van der Waals surface area contributed by atoms with Crippen LogP contribution in [-0.2, 0) is 0 Å². The summed E-state index contributed by atoms with van der Waals surface area (Å²) in [4.78, 5) is 1.69. The Bertz CT molecular complexity index is 354. The second-order valence-corrected chi connectivity index (χ2v) is 4.32. The molecule has 0 heterocycles. The van der Waals surface area contributed by atoms with E-state index in [4.69, 9.17) is 31.4 Å². The number of hydrogen-bond donors (Lipinski definition) is 0. The fourth-order valence-electron chi connectivity index (χ4n) is 0.818. The van der Waals surface area contributed by atoms with Gasteiger partial charge in [-0.1, -0.05) is 0 Å². The summed E-state index contributed by atoms with van der Waals surface area (Å²) in [6.45, 7) is 0.0275. The Balaban J connectivity index is 2.85. The monoisotopic (exact) mass is 265 g/mol. The van der Waals surface area contributed by atoms with Crippen LogP contribution < -0.4 is 4.74 Å². The molecule has 0 aliphatic carbocycles. The van der Waals surface area contributed by atoms with Crippen LogP contribution in [0.15, 0.2) is 28.0 Å². The zero-order chi connectivity index (χ0) is 10.4. The predicted octanol–water partition coefficient (Wildman–Crippen LogP) is 4.08. The first-order chi connectivity index (χ1) is 6.81. The third-order valence-corrected chi connectivity index (χ3v) is 3.54. The van der Waals surface area contributed by atoms with Gasteiger partial charge in [0.25, 0.3) is 0 Å². The van der Waals surface area contributed by atoms with E-state index in [0.717, 1.165) is 31.7 Å². The molecular formula is C8H5Cl2NOS2. The Kier molecular flexibility index (Phi) is 5.34. The summed E-state index contributed by atoms with van der Waals surface area (Å²) in [5, 5.41) is 8.32. The summed E-state index contributed by atoms with van der Waals surface area (Å²) in [5.41, 5.74) is 0. The fraction of sp³-hybridized carbons (Fsp3) is 0.125. The first kappa shape index (κ1) is 11.9. The standard InChI is InChI=1S/C8H5Cl2NOS2/c9-13-7-2-1-6(12-4-3-11)5-8(7)14-10/h1-2,5H,4H2. The van der Waals surface area contributed by atoms with E-state index in [-0.39, 0.29) is 6.61 Å². The molecule has 0 atom stereocenters. The number of hydrogen-bond acceptors (Lipinski definition) is 4. The van der Waals surface area contributed by atoms with E-state index in [0.29, 0.717) is 5.75 Å². The summed E-state index contributed by atoms with van der Waals surface area (Å²) in [6, 6.07) is 7.19. The van der Waals surface area contributed by atoms with Crippen molar-refractivity contribution in [2.75, 3.05) is 6.61 Å². The number of ether oxygens (including phenoxy) is 1. The quantitative estimate of drug-likeness (QED) is 0.822. The van der Waals surface area contributed by atoms with Crippen molar-refractivity contribution in [1.82, 2.24) is 0 Å². The fourth-order valence-corrected chi connectivity index (χ4v) is 2.69. The van der Waals surface area contributed by atoms with Gasteiger partial charge in [0.05, 0.1) is 0 Å². The van der Waals surface area contributed by atoms with Gasteiger partial charge in [0.15, 0.2) is 6.61 Å². The lowest BCUT2D eigenvalue weighted by Crippen LogP contribution is -1.93. The van der Waals surface area contributed by atoms with Crippen LogP contribution in [-0.4, -0.2) is 6.61 Å². The van der Waals surface area contributed by atoms with Crippen LogP contribution in [0, 0.1) is 11.3 Å². The summed E-state index contributed by atoms with van der Waals surface area (Å²) in [7, 11) is 13.4. The Morgan fingerprint density at radius 2 is 2.00 bits per heavy atom. The summed E-state index contributed by atoms with van der Waals surface area (Å²) < 4.78 is 5.11. The molecule has 0 amide bonds. The number of halogens is 2. The molecule has 0 spiro atoms. The first-order valence-electron chi connectivity index (χ1n) is 3.52. The molecule has 0 aliphatic heterocycles. The van der Waals surface area contributed by atoms with E-state index in [1.165, 1.54) is 0 Å². The Morgan fingerprint density at radius 1 is 1.29 bits per heavy atom. The maximum Gasteiger partial charge on any atom is 0.174 e. The van der Waals surface area contributed by atoms with Gasteiger partial charge < -0.3 is 4.74 Å². The zero-order valence-electron chi connectivity index (χ0n) is 6.87. The van der Waals surface area contributed by atoms with Crippen molar-refractivity contribution in [1.29, 1.82) is 5.26 Å². The van der Waals surface area contributed by atoms with Crippen LogP contribution in [0.4, 0.5) is 0 Å². The van der Waals surface area contributed by atoms with E-state index in [1.54, 1.807) is 18.2 Å².